The highest BCUT2D eigenvalue weighted by molar-refractivity contribution is 5.86. The largest absolute Gasteiger partial charge is 0.382 e. The molecule has 6 heteroatoms. The van der Waals surface area contributed by atoms with Gasteiger partial charge in [0.25, 0.3) is 0 Å². The van der Waals surface area contributed by atoms with E-state index < -0.39 is 0 Å². The zero-order valence-corrected chi connectivity index (χ0v) is 17.1. The number of aromatic nitrogens is 2. The van der Waals surface area contributed by atoms with Crippen molar-refractivity contribution in [2.75, 3.05) is 25.2 Å². The first kappa shape index (κ1) is 21.2. The Balaban J connectivity index is 0.00000261. The number of pyridine rings is 1. The Morgan fingerprint density at radius 1 is 1.19 bits per heavy atom. The molecule has 2 heterocycles. The number of anilines is 1. The van der Waals surface area contributed by atoms with E-state index >= 15 is 0 Å². The maximum atomic E-state index is 13.3. The number of aromatic amines is 1. The number of H-pyrrole nitrogens is 1. The van der Waals surface area contributed by atoms with E-state index in [1.807, 2.05) is 20.2 Å². The lowest BCUT2D eigenvalue weighted by Gasteiger charge is -2.30. The fourth-order valence-corrected chi connectivity index (χ4v) is 3.37. The van der Waals surface area contributed by atoms with Gasteiger partial charge in [-0.25, -0.2) is 4.39 Å². The predicted octanol–water partition coefficient (Wildman–Crippen LogP) is 5.34. The van der Waals surface area contributed by atoms with E-state index in [9.17, 15) is 4.39 Å². The molecule has 1 unspecified atom stereocenters. The molecule has 1 N–H and O–H groups in total. The molecule has 1 aromatic carbocycles. The molecule has 0 aliphatic rings. The molecule has 0 spiro atoms. The van der Waals surface area contributed by atoms with Gasteiger partial charge >= 0.3 is 0 Å². The fraction of sp³-hybridized carbons (Fsp3) is 0.381. The highest BCUT2D eigenvalue weighted by atomic mass is 35.5. The highest BCUT2D eigenvalue weighted by Gasteiger charge is 2.23. The number of nitrogens with zero attached hydrogens (tertiary/aromatic N) is 2. The lowest BCUT2D eigenvalue weighted by Crippen LogP contribution is -2.26. The van der Waals surface area contributed by atoms with Crippen LogP contribution >= 0.6 is 12.4 Å². The van der Waals surface area contributed by atoms with E-state index in [1.54, 1.807) is 12.1 Å². The summed E-state index contributed by atoms with van der Waals surface area (Å²) in [5, 5.41) is 1.20. The Labute approximate surface area is 166 Å². The molecule has 3 aromatic rings. The zero-order chi connectivity index (χ0) is 18.7. The van der Waals surface area contributed by atoms with Crippen LogP contribution in [-0.4, -0.2) is 30.2 Å². The van der Waals surface area contributed by atoms with Gasteiger partial charge in [0.05, 0.1) is 17.3 Å². The van der Waals surface area contributed by atoms with Gasteiger partial charge in [0.1, 0.15) is 5.82 Å². The van der Waals surface area contributed by atoms with E-state index in [2.05, 4.69) is 29.8 Å². The Bertz CT molecular complexity index is 879. The van der Waals surface area contributed by atoms with Crippen molar-refractivity contribution in [1.82, 2.24) is 9.97 Å². The molecule has 0 saturated carbocycles. The number of halogens is 2. The number of rotatable bonds is 7. The predicted molar refractivity (Wildman–Crippen MR) is 111 cm³/mol. The molecule has 0 radical (unpaired) electrons. The molecule has 0 aliphatic carbocycles. The SMILES string of the molecule is CCOCCC(c1nccc2c(C)c(C)[nH]c12)N(C)c1ccc(F)cc1.Cl. The Hall–Kier alpha value is -2.11. The standard InChI is InChI=1S/C21H26FN3O.ClH/c1-5-26-13-11-19(25(4)17-8-6-16(22)7-9-17)21-20-18(10-12-23-21)14(2)15(3)24-20;/h6-10,12,19,24H,5,11,13H2,1-4H3;1H. The van der Waals surface area contributed by atoms with Crippen LogP contribution in [0.15, 0.2) is 36.5 Å². The molecule has 0 fully saturated rings. The van der Waals surface area contributed by atoms with Crippen molar-refractivity contribution in [3.63, 3.8) is 0 Å². The van der Waals surface area contributed by atoms with Crippen molar-refractivity contribution in [3.8, 4) is 0 Å². The topological polar surface area (TPSA) is 41.1 Å². The lowest BCUT2D eigenvalue weighted by molar-refractivity contribution is 0.139. The summed E-state index contributed by atoms with van der Waals surface area (Å²) in [6, 6.07) is 8.65. The third-order valence-electron chi connectivity index (χ3n) is 5.02. The van der Waals surface area contributed by atoms with Crippen LogP contribution in [-0.2, 0) is 4.74 Å². The zero-order valence-electron chi connectivity index (χ0n) is 16.3. The van der Waals surface area contributed by atoms with E-state index in [4.69, 9.17) is 9.72 Å². The van der Waals surface area contributed by atoms with Crippen LogP contribution in [0.4, 0.5) is 10.1 Å². The van der Waals surface area contributed by atoms with Gasteiger partial charge in [0.2, 0.25) is 0 Å². The summed E-state index contributed by atoms with van der Waals surface area (Å²) in [6.45, 7) is 7.53. The summed E-state index contributed by atoms with van der Waals surface area (Å²) < 4.78 is 18.9. The van der Waals surface area contributed by atoms with Gasteiger partial charge in [-0.05, 0) is 63.1 Å². The summed E-state index contributed by atoms with van der Waals surface area (Å²) >= 11 is 0. The van der Waals surface area contributed by atoms with E-state index in [0.717, 1.165) is 29.0 Å². The molecule has 0 saturated heterocycles. The molecule has 146 valence electrons. The molecular weight excluding hydrogens is 365 g/mol. The van der Waals surface area contributed by atoms with Crippen LogP contribution in [0.3, 0.4) is 0 Å². The average Bonchev–Trinajstić information content (AvgIpc) is 2.94. The quantitative estimate of drug-likeness (QED) is 0.552. The maximum absolute atomic E-state index is 13.3. The molecule has 0 amide bonds. The van der Waals surface area contributed by atoms with Gasteiger partial charge in [0.15, 0.2) is 0 Å². The minimum Gasteiger partial charge on any atom is -0.382 e. The van der Waals surface area contributed by atoms with Crippen LogP contribution in [0.2, 0.25) is 0 Å². The average molecular weight is 392 g/mol. The third-order valence-corrected chi connectivity index (χ3v) is 5.02. The molecule has 0 bridgehead atoms. The molecular formula is C21H27ClFN3O. The summed E-state index contributed by atoms with van der Waals surface area (Å²) in [4.78, 5) is 10.3. The second-order valence-electron chi connectivity index (χ2n) is 6.58. The van der Waals surface area contributed by atoms with Crippen molar-refractivity contribution in [1.29, 1.82) is 0 Å². The second kappa shape index (κ2) is 9.20. The van der Waals surface area contributed by atoms with Crippen molar-refractivity contribution in [2.45, 2.75) is 33.2 Å². The van der Waals surface area contributed by atoms with Crippen molar-refractivity contribution >= 4 is 29.0 Å². The van der Waals surface area contributed by atoms with Gasteiger partial charge < -0.3 is 14.6 Å². The molecule has 1 atom stereocenters. The first-order valence-corrected chi connectivity index (χ1v) is 9.02. The number of aryl methyl sites for hydroxylation is 2. The van der Waals surface area contributed by atoms with Crippen LogP contribution in [0, 0.1) is 19.7 Å². The summed E-state index contributed by atoms with van der Waals surface area (Å²) in [5.74, 6) is -0.233. The first-order valence-electron chi connectivity index (χ1n) is 9.02. The molecule has 3 rings (SSSR count). The molecule has 2 aromatic heterocycles. The summed E-state index contributed by atoms with van der Waals surface area (Å²) in [5.41, 5.74) is 5.41. The number of nitrogens with one attached hydrogen (secondary N) is 1. The van der Waals surface area contributed by atoms with Crippen molar-refractivity contribution in [3.05, 3.63) is 59.3 Å². The molecule has 0 aliphatic heterocycles. The molecule has 27 heavy (non-hydrogen) atoms. The Kier molecular flexibility index (Phi) is 7.22. The third kappa shape index (κ3) is 4.42. The smallest absolute Gasteiger partial charge is 0.123 e. The molecule has 4 nitrogen and oxygen atoms in total. The van der Waals surface area contributed by atoms with Crippen LogP contribution in [0.25, 0.3) is 10.9 Å². The van der Waals surface area contributed by atoms with Crippen LogP contribution in [0.1, 0.15) is 36.3 Å². The van der Waals surface area contributed by atoms with Crippen LogP contribution < -0.4 is 4.90 Å². The summed E-state index contributed by atoms with van der Waals surface area (Å²) in [6.07, 6.45) is 2.66. The van der Waals surface area contributed by atoms with Crippen molar-refractivity contribution < 1.29 is 9.13 Å². The van der Waals surface area contributed by atoms with Gasteiger partial charge in [-0.3, -0.25) is 4.98 Å². The Morgan fingerprint density at radius 3 is 2.56 bits per heavy atom. The maximum Gasteiger partial charge on any atom is 0.123 e. The Morgan fingerprint density at radius 2 is 1.89 bits per heavy atom. The van der Waals surface area contributed by atoms with E-state index in [-0.39, 0.29) is 24.3 Å². The normalized spacial score (nSPS) is 12.0. The number of hydrogen-bond donors (Lipinski definition) is 1. The van der Waals surface area contributed by atoms with Gasteiger partial charge in [0, 0.05) is 43.2 Å². The summed E-state index contributed by atoms with van der Waals surface area (Å²) in [7, 11) is 2.02. The number of ether oxygens (including phenoxy) is 1. The van der Waals surface area contributed by atoms with Crippen molar-refractivity contribution in [2.24, 2.45) is 0 Å². The van der Waals surface area contributed by atoms with Crippen LogP contribution in [0.5, 0.6) is 0 Å². The fourth-order valence-electron chi connectivity index (χ4n) is 3.37. The van der Waals surface area contributed by atoms with E-state index in [0.29, 0.717) is 13.2 Å². The number of fused-ring (bicyclic) bond motifs is 1. The minimum atomic E-state index is -0.233. The van der Waals surface area contributed by atoms with Gasteiger partial charge in [-0.2, -0.15) is 0 Å². The number of hydrogen-bond acceptors (Lipinski definition) is 3. The second-order valence-corrected chi connectivity index (χ2v) is 6.58. The minimum absolute atomic E-state index is 0. The lowest BCUT2D eigenvalue weighted by atomic mass is 10.0. The highest BCUT2D eigenvalue weighted by Crippen LogP contribution is 2.33. The first-order chi connectivity index (χ1) is 12.5. The van der Waals surface area contributed by atoms with E-state index in [1.165, 1.54) is 23.1 Å². The monoisotopic (exact) mass is 391 g/mol. The van der Waals surface area contributed by atoms with Gasteiger partial charge in [-0.15, -0.1) is 12.4 Å². The number of benzene rings is 1. The van der Waals surface area contributed by atoms with Gasteiger partial charge in [-0.1, -0.05) is 0 Å².